The van der Waals surface area contributed by atoms with Crippen molar-refractivity contribution in [2.75, 3.05) is 12.4 Å². The van der Waals surface area contributed by atoms with Gasteiger partial charge < -0.3 is 20.3 Å². The molecule has 4 atom stereocenters. The van der Waals surface area contributed by atoms with Crippen molar-refractivity contribution in [3.8, 4) is 17.0 Å². The normalized spacial score (nSPS) is 23.9. The monoisotopic (exact) mass is 403 g/mol. The number of nitrogens with one attached hydrogen (secondary N) is 1. The molecule has 1 fully saturated rings. The molecule has 1 aliphatic carbocycles. The molecule has 7 heteroatoms. The molecule has 0 saturated heterocycles. The topological polar surface area (TPSA) is 91.9 Å². The lowest BCUT2D eigenvalue weighted by molar-refractivity contribution is 0.0256. The lowest BCUT2D eigenvalue weighted by atomic mass is 10.0. The third-order valence-electron chi connectivity index (χ3n) is 5.86. The van der Waals surface area contributed by atoms with Crippen LogP contribution >= 0.6 is 0 Å². The number of hydrogen-bond donors (Lipinski definition) is 3. The average Bonchev–Trinajstić information content (AvgIpc) is 3.30. The Bertz CT molecular complexity index is 1220. The molecule has 7 nitrogen and oxygen atoms in total. The van der Waals surface area contributed by atoms with Crippen molar-refractivity contribution in [2.24, 2.45) is 5.92 Å². The second-order valence-electron chi connectivity index (χ2n) is 7.72. The van der Waals surface area contributed by atoms with E-state index < -0.39 is 12.2 Å². The summed E-state index contributed by atoms with van der Waals surface area (Å²) in [4.78, 5) is 4.44. The van der Waals surface area contributed by atoms with Crippen LogP contribution in [0.5, 0.6) is 5.75 Å². The molecule has 153 valence electrons. The summed E-state index contributed by atoms with van der Waals surface area (Å²) in [5.74, 6) is 1.21. The number of rotatable bonds is 4. The molecule has 0 aliphatic heterocycles. The first-order valence-corrected chi connectivity index (χ1v) is 9.93. The molecule has 1 saturated carbocycles. The van der Waals surface area contributed by atoms with Gasteiger partial charge in [0.1, 0.15) is 17.7 Å². The van der Waals surface area contributed by atoms with Crippen LogP contribution in [0.25, 0.3) is 27.7 Å². The molecule has 4 aromatic rings. The Morgan fingerprint density at radius 2 is 1.97 bits per heavy atom. The van der Waals surface area contributed by atoms with Crippen molar-refractivity contribution in [1.29, 1.82) is 0 Å². The van der Waals surface area contributed by atoms with E-state index in [1.165, 1.54) is 0 Å². The molecule has 2 aromatic heterocycles. The SMILES string of the molecule is [CH2][C@@H]1C[C@@H](Nc2ccnc3cc(-c4c(OC)ccc5ccccc45)nn23)[C@H](O)[C@@H]1O. The lowest BCUT2D eigenvalue weighted by Gasteiger charge is -2.19. The van der Waals surface area contributed by atoms with Gasteiger partial charge in [-0.1, -0.05) is 30.3 Å². The van der Waals surface area contributed by atoms with Gasteiger partial charge in [0.25, 0.3) is 0 Å². The van der Waals surface area contributed by atoms with Crippen LogP contribution in [0, 0.1) is 12.8 Å². The maximum Gasteiger partial charge on any atom is 0.157 e. The van der Waals surface area contributed by atoms with Gasteiger partial charge in [0.05, 0.1) is 30.5 Å². The van der Waals surface area contributed by atoms with Crippen LogP contribution in [0.15, 0.2) is 54.7 Å². The van der Waals surface area contributed by atoms with E-state index in [-0.39, 0.29) is 12.0 Å². The standard InChI is InChI=1S/C23H23N4O3/c1-13-11-17(23(29)22(13)28)25-19-9-10-24-20-12-16(26-27(19)20)21-15-6-4-3-5-14(15)7-8-18(21)30-2/h3-10,12-13,17,22-23,25,28-29H,1,11H2,2H3/t13-,17-,22-,23+/m1/s1. The summed E-state index contributed by atoms with van der Waals surface area (Å²) >= 11 is 0. The molecule has 2 aromatic carbocycles. The van der Waals surface area contributed by atoms with E-state index in [9.17, 15) is 10.2 Å². The first kappa shape index (κ1) is 18.8. The van der Waals surface area contributed by atoms with Gasteiger partial charge in [-0.15, -0.1) is 0 Å². The number of fused-ring (bicyclic) bond motifs is 2. The van der Waals surface area contributed by atoms with Gasteiger partial charge in [-0.3, -0.25) is 0 Å². The van der Waals surface area contributed by atoms with E-state index >= 15 is 0 Å². The summed E-state index contributed by atoms with van der Waals surface area (Å²) in [6.45, 7) is 3.92. The Hall–Kier alpha value is -3.16. The molecule has 1 aliphatic rings. The van der Waals surface area contributed by atoms with E-state index in [4.69, 9.17) is 9.84 Å². The van der Waals surface area contributed by atoms with Gasteiger partial charge in [-0.05, 0) is 42.2 Å². The summed E-state index contributed by atoms with van der Waals surface area (Å²) in [6.07, 6.45) is 0.539. The van der Waals surface area contributed by atoms with E-state index in [1.54, 1.807) is 23.9 Å². The summed E-state index contributed by atoms with van der Waals surface area (Å²) < 4.78 is 7.34. The Labute approximate surface area is 173 Å². The smallest absolute Gasteiger partial charge is 0.157 e. The number of aliphatic hydroxyl groups is 2. The average molecular weight is 403 g/mol. The third-order valence-corrected chi connectivity index (χ3v) is 5.86. The van der Waals surface area contributed by atoms with E-state index in [0.29, 0.717) is 17.9 Å². The molecule has 3 N–H and O–H groups in total. The summed E-state index contributed by atoms with van der Waals surface area (Å²) in [7, 11) is 1.65. The van der Waals surface area contributed by atoms with Crippen molar-refractivity contribution in [1.82, 2.24) is 14.6 Å². The van der Waals surface area contributed by atoms with Crippen LogP contribution in [0.1, 0.15) is 6.42 Å². The van der Waals surface area contributed by atoms with Crippen LogP contribution in [-0.2, 0) is 0 Å². The minimum atomic E-state index is -0.885. The molecule has 0 unspecified atom stereocenters. The largest absolute Gasteiger partial charge is 0.496 e. The number of nitrogens with zero attached hydrogens (tertiary/aromatic N) is 3. The quantitative estimate of drug-likeness (QED) is 0.485. The number of aliphatic hydroxyl groups excluding tert-OH is 2. The molecule has 30 heavy (non-hydrogen) atoms. The highest BCUT2D eigenvalue weighted by atomic mass is 16.5. The predicted molar refractivity (Wildman–Crippen MR) is 115 cm³/mol. The predicted octanol–water partition coefficient (Wildman–Crippen LogP) is 2.91. The van der Waals surface area contributed by atoms with Crippen molar-refractivity contribution in [3.63, 3.8) is 0 Å². The first-order valence-electron chi connectivity index (χ1n) is 9.93. The fourth-order valence-corrected chi connectivity index (χ4v) is 4.27. The van der Waals surface area contributed by atoms with Gasteiger partial charge >= 0.3 is 0 Å². The van der Waals surface area contributed by atoms with E-state index in [2.05, 4.69) is 29.4 Å². The van der Waals surface area contributed by atoms with Crippen LogP contribution < -0.4 is 10.1 Å². The molecule has 2 heterocycles. The Morgan fingerprint density at radius 3 is 2.73 bits per heavy atom. The summed E-state index contributed by atoms with van der Waals surface area (Å²) in [6, 6.07) is 15.5. The van der Waals surface area contributed by atoms with Gasteiger partial charge in [0.15, 0.2) is 5.65 Å². The Morgan fingerprint density at radius 1 is 1.13 bits per heavy atom. The van der Waals surface area contributed by atoms with Gasteiger partial charge in [0, 0.05) is 12.3 Å². The minimum absolute atomic E-state index is 0.219. The molecule has 1 radical (unpaired) electrons. The third kappa shape index (κ3) is 2.98. The van der Waals surface area contributed by atoms with Crippen molar-refractivity contribution < 1.29 is 14.9 Å². The van der Waals surface area contributed by atoms with E-state index in [1.807, 2.05) is 30.3 Å². The number of ether oxygens (including phenoxy) is 1. The number of anilines is 1. The van der Waals surface area contributed by atoms with E-state index in [0.717, 1.165) is 27.8 Å². The zero-order chi connectivity index (χ0) is 20.8. The van der Waals surface area contributed by atoms with Crippen LogP contribution in [0.4, 0.5) is 5.82 Å². The van der Waals surface area contributed by atoms with Gasteiger partial charge in [0.2, 0.25) is 0 Å². The number of methoxy groups -OCH3 is 1. The molecule has 5 rings (SSSR count). The number of aromatic nitrogens is 3. The molecule has 0 amide bonds. The van der Waals surface area contributed by atoms with Gasteiger partial charge in [-0.2, -0.15) is 9.61 Å². The second kappa shape index (κ2) is 7.27. The highest BCUT2D eigenvalue weighted by Crippen LogP contribution is 2.37. The minimum Gasteiger partial charge on any atom is -0.496 e. The number of benzene rings is 2. The summed E-state index contributed by atoms with van der Waals surface area (Å²) in [5, 5.41) is 30.6. The van der Waals surface area contributed by atoms with Crippen molar-refractivity contribution in [3.05, 3.63) is 61.7 Å². The molecule has 0 bridgehead atoms. The highest BCUT2D eigenvalue weighted by molar-refractivity contribution is 5.99. The van der Waals surface area contributed by atoms with Crippen LogP contribution in [0.3, 0.4) is 0 Å². The molecular weight excluding hydrogens is 380 g/mol. The Balaban J connectivity index is 1.61. The Kier molecular flexibility index (Phi) is 4.56. The zero-order valence-electron chi connectivity index (χ0n) is 16.6. The van der Waals surface area contributed by atoms with Crippen LogP contribution in [0.2, 0.25) is 0 Å². The lowest BCUT2D eigenvalue weighted by Crippen LogP contribution is -2.35. The number of hydrogen-bond acceptors (Lipinski definition) is 6. The maximum absolute atomic E-state index is 10.3. The van der Waals surface area contributed by atoms with Crippen molar-refractivity contribution in [2.45, 2.75) is 24.7 Å². The highest BCUT2D eigenvalue weighted by Gasteiger charge is 2.39. The fraction of sp³-hybridized carbons (Fsp3) is 0.261. The summed E-state index contributed by atoms with van der Waals surface area (Å²) in [5.41, 5.74) is 2.32. The van der Waals surface area contributed by atoms with Crippen LogP contribution in [-0.4, -0.2) is 50.2 Å². The molecular formula is C23H23N4O3. The van der Waals surface area contributed by atoms with Gasteiger partial charge in [-0.25, -0.2) is 4.98 Å². The zero-order valence-corrected chi connectivity index (χ0v) is 16.6. The second-order valence-corrected chi connectivity index (χ2v) is 7.72. The molecule has 0 spiro atoms. The maximum atomic E-state index is 10.3. The first-order chi connectivity index (χ1) is 14.6. The fourth-order valence-electron chi connectivity index (χ4n) is 4.27. The van der Waals surface area contributed by atoms with Crippen molar-refractivity contribution >= 4 is 22.2 Å².